The lowest BCUT2D eigenvalue weighted by Gasteiger charge is -2.27. The van der Waals surface area contributed by atoms with Gasteiger partial charge in [-0.1, -0.05) is 42.5 Å². The molecule has 0 radical (unpaired) electrons. The third kappa shape index (κ3) is 5.06. The Morgan fingerprint density at radius 2 is 1.33 bits per heavy atom. The number of hydrogen-bond donors (Lipinski definition) is 1. The summed E-state index contributed by atoms with van der Waals surface area (Å²) in [5.41, 5.74) is -7.39. The summed E-state index contributed by atoms with van der Waals surface area (Å²) in [5.74, 6) is -1.09. The first-order valence-corrected chi connectivity index (χ1v) is 15.4. The molecule has 0 aliphatic carbocycles. The number of hydrogen-bond acceptors (Lipinski definition) is 6. The van der Waals surface area contributed by atoms with Gasteiger partial charge in [-0.25, -0.2) is 33.6 Å². The molecule has 208 valence electrons. The summed E-state index contributed by atoms with van der Waals surface area (Å²) >= 11 is 0. The first kappa shape index (κ1) is 28.7. The second kappa shape index (κ2) is 9.43. The van der Waals surface area contributed by atoms with Gasteiger partial charge in [-0.15, -0.1) is 0 Å². The zero-order valence-corrected chi connectivity index (χ0v) is 22.6. The van der Waals surface area contributed by atoms with E-state index in [0.29, 0.717) is 3.97 Å². The Bertz CT molecular complexity index is 1900. The summed E-state index contributed by atoms with van der Waals surface area (Å²) in [7, 11) is -15.1. The van der Waals surface area contributed by atoms with Crippen LogP contribution in [0.2, 0.25) is 0 Å². The minimum absolute atomic E-state index is 0.00574. The number of aromatic nitrogens is 1. The maximum absolute atomic E-state index is 14.5. The lowest BCUT2D eigenvalue weighted by Crippen LogP contribution is -2.46. The second-order valence-corrected chi connectivity index (χ2v) is 14.3. The summed E-state index contributed by atoms with van der Waals surface area (Å²) in [5, 5.41) is -0.466. The highest BCUT2D eigenvalue weighted by atomic mass is 32.2. The molecule has 0 spiro atoms. The molecule has 1 aromatic heterocycles. The lowest BCUT2D eigenvalue weighted by atomic mass is 9.96. The number of halogens is 4. The molecule has 4 rings (SSSR count). The zero-order valence-electron chi connectivity index (χ0n) is 20.1. The van der Waals surface area contributed by atoms with Crippen molar-refractivity contribution in [1.82, 2.24) is 8.69 Å². The fourth-order valence-corrected chi connectivity index (χ4v) is 8.22. The van der Waals surface area contributed by atoms with Gasteiger partial charge in [0.15, 0.2) is 5.03 Å². The third-order valence-electron chi connectivity index (χ3n) is 5.85. The molecule has 15 heteroatoms. The molecule has 0 atom stereocenters. The average molecular weight is 605 g/mol. The normalized spacial score (nSPS) is 13.6. The number of sulfonamides is 1. The van der Waals surface area contributed by atoms with Crippen molar-refractivity contribution in [3.8, 4) is 0 Å². The molecular formula is C24H20F4N2O6S3. The van der Waals surface area contributed by atoms with Crippen LogP contribution in [0, 0.1) is 5.82 Å². The summed E-state index contributed by atoms with van der Waals surface area (Å²) in [4.78, 5) is -1.19. The maximum Gasteiger partial charge on any atom is 0.511 e. The van der Waals surface area contributed by atoms with E-state index < -0.39 is 61.6 Å². The van der Waals surface area contributed by atoms with E-state index in [-0.39, 0.29) is 16.5 Å². The molecule has 0 amide bonds. The van der Waals surface area contributed by atoms with Gasteiger partial charge in [-0.2, -0.15) is 17.9 Å². The summed E-state index contributed by atoms with van der Waals surface area (Å²) in [6.07, 6.45) is 0. The second-order valence-electron chi connectivity index (χ2n) is 8.95. The highest BCUT2D eigenvalue weighted by Gasteiger charge is 2.48. The molecule has 39 heavy (non-hydrogen) atoms. The Hall–Kier alpha value is -3.27. The van der Waals surface area contributed by atoms with Crippen molar-refractivity contribution >= 4 is 40.8 Å². The fraction of sp³-hybridized carbons (Fsp3) is 0.167. The summed E-state index contributed by atoms with van der Waals surface area (Å²) in [6, 6.07) is 15.6. The first-order chi connectivity index (χ1) is 17.9. The van der Waals surface area contributed by atoms with Crippen LogP contribution in [0.15, 0.2) is 93.7 Å². The van der Waals surface area contributed by atoms with E-state index in [1.54, 1.807) is 6.07 Å². The van der Waals surface area contributed by atoms with Crippen LogP contribution in [0.25, 0.3) is 10.9 Å². The van der Waals surface area contributed by atoms with E-state index in [1.165, 1.54) is 35.1 Å². The smallest absolute Gasteiger partial charge is 0.222 e. The standard InChI is InChI=1S/C24H20F4N2O6S3/c1-23(2,29-39(35,36)24(26,27)28)17-11-13-18(14-12-17)37(31,32)22-15-16-7-3-5-9-20(16)30(22)38(33,34)21-10-6-4-8-19(21)25/h3-15,29H,1-2H3. The van der Waals surface area contributed by atoms with Gasteiger partial charge in [0.25, 0.3) is 10.0 Å². The predicted octanol–water partition coefficient (Wildman–Crippen LogP) is 4.52. The summed E-state index contributed by atoms with van der Waals surface area (Å²) < 4.78 is 133. The maximum atomic E-state index is 14.5. The molecule has 0 aliphatic heterocycles. The Labute approximate surface area is 221 Å². The zero-order chi connectivity index (χ0) is 29.0. The van der Waals surface area contributed by atoms with Gasteiger partial charge in [0, 0.05) is 5.39 Å². The van der Waals surface area contributed by atoms with Crippen LogP contribution in [-0.2, 0) is 35.4 Å². The van der Waals surface area contributed by atoms with Gasteiger partial charge in [0.1, 0.15) is 10.7 Å². The van der Waals surface area contributed by atoms with Crippen LogP contribution in [-0.4, -0.2) is 34.7 Å². The van der Waals surface area contributed by atoms with Crippen molar-refractivity contribution in [2.75, 3.05) is 0 Å². The van der Waals surface area contributed by atoms with E-state index in [2.05, 4.69) is 0 Å². The van der Waals surface area contributed by atoms with Crippen LogP contribution in [0.5, 0.6) is 0 Å². The predicted molar refractivity (Wildman–Crippen MR) is 134 cm³/mol. The van der Waals surface area contributed by atoms with Crippen molar-refractivity contribution in [3.63, 3.8) is 0 Å². The minimum Gasteiger partial charge on any atom is -0.222 e. The lowest BCUT2D eigenvalue weighted by molar-refractivity contribution is -0.0455. The Morgan fingerprint density at radius 1 is 0.769 bits per heavy atom. The number of sulfone groups is 1. The molecule has 3 aromatic carbocycles. The number of rotatable bonds is 7. The Morgan fingerprint density at radius 3 is 1.92 bits per heavy atom. The molecule has 4 aromatic rings. The van der Waals surface area contributed by atoms with Gasteiger partial charge < -0.3 is 0 Å². The quantitative estimate of drug-likeness (QED) is 0.310. The molecule has 8 nitrogen and oxygen atoms in total. The van der Waals surface area contributed by atoms with Crippen molar-refractivity contribution in [3.05, 3.63) is 90.2 Å². The van der Waals surface area contributed by atoms with Crippen LogP contribution in [0.4, 0.5) is 17.6 Å². The largest absolute Gasteiger partial charge is 0.511 e. The highest BCUT2D eigenvalue weighted by Crippen LogP contribution is 2.34. The summed E-state index contributed by atoms with van der Waals surface area (Å²) in [6.45, 7) is 2.30. The van der Waals surface area contributed by atoms with Crippen LogP contribution in [0.3, 0.4) is 0 Å². The van der Waals surface area contributed by atoms with Gasteiger partial charge in [-0.05, 0) is 55.8 Å². The number of fused-ring (bicyclic) bond motifs is 1. The van der Waals surface area contributed by atoms with Crippen molar-refractivity contribution < 1.29 is 42.8 Å². The van der Waals surface area contributed by atoms with Gasteiger partial charge in [0.05, 0.1) is 16.0 Å². The van der Waals surface area contributed by atoms with Crippen molar-refractivity contribution in [1.29, 1.82) is 0 Å². The molecule has 1 N–H and O–H groups in total. The van der Waals surface area contributed by atoms with Crippen molar-refractivity contribution in [2.45, 2.75) is 39.7 Å². The Kier molecular flexibility index (Phi) is 6.95. The molecular weight excluding hydrogens is 584 g/mol. The topological polar surface area (TPSA) is 119 Å². The molecule has 0 bridgehead atoms. The number of nitrogens with one attached hydrogen (secondary N) is 1. The molecule has 0 unspecified atom stereocenters. The van der Waals surface area contributed by atoms with E-state index in [9.17, 15) is 42.8 Å². The molecule has 0 saturated heterocycles. The Balaban J connectivity index is 1.84. The SMILES string of the molecule is CC(C)(NS(=O)(=O)C(F)(F)F)c1ccc(S(=O)(=O)c2cc3ccccc3n2S(=O)(=O)c2ccccc2F)cc1. The van der Waals surface area contributed by atoms with Gasteiger partial charge >= 0.3 is 15.5 Å². The van der Waals surface area contributed by atoms with E-state index in [0.717, 1.165) is 56.3 Å². The van der Waals surface area contributed by atoms with E-state index in [1.807, 2.05) is 0 Å². The van der Waals surface area contributed by atoms with Gasteiger partial charge in [-0.3, -0.25) is 0 Å². The number of alkyl halides is 3. The first-order valence-electron chi connectivity index (χ1n) is 11.0. The molecule has 0 fully saturated rings. The minimum atomic E-state index is -5.72. The third-order valence-corrected chi connectivity index (χ3v) is 10.9. The molecule has 0 aliphatic rings. The van der Waals surface area contributed by atoms with Crippen LogP contribution < -0.4 is 4.72 Å². The van der Waals surface area contributed by atoms with Gasteiger partial charge in [0.2, 0.25) is 9.84 Å². The van der Waals surface area contributed by atoms with E-state index >= 15 is 0 Å². The molecule has 0 saturated carbocycles. The average Bonchev–Trinajstić information content (AvgIpc) is 3.24. The number of benzene rings is 3. The number of para-hydroxylation sites is 1. The fourth-order valence-electron chi connectivity index (χ4n) is 3.92. The van der Waals surface area contributed by atoms with Crippen molar-refractivity contribution in [2.24, 2.45) is 0 Å². The van der Waals surface area contributed by atoms with Crippen LogP contribution in [0.1, 0.15) is 19.4 Å². The van der Waals surface area contributed by atoms with E-state index in [4.69, 9.17) is 0 Å². The number of nitrogens with zero attached hydrogens (tertiary/aromatic N) is 1. The highest BCUT2D eigenvalue weighted by molar-refractivity contribution is 7.93. The monoisotopic (exact) mass is 604 g/mol. The molecule has 1 heterocycles. The van der Waals surface area contributed by atoms with Crippen LogP contribution >= 0.6 is 0 Å².